The van der Waals surface area contributed by atoms with Gasteiger partial charge in [-0.25, -0.2) is 0 Å². The number of ether oxygens (including phenoxy) is 1. The number of allylic oxidation sites excluding steroid dienone is 2. The van der Waals surface area contributed by atoms with Gasteiger partial charge in [0.15, 0.2) is 0 Å². The van der Waals surface area contributed by atoms with Crippen molar-refractivity contribution in [3.05, 3.63) is 24.0 Å². The van der Waals surface area contributed by atoms with Gasteiger partial charge < -0.3 is 9.84 Å². The Bertz CT molecular complexity index is 163. The first kappa shape index (κ1) is 10.5. The van der Waals surface area contributed by atoms with E-state index in [9.17, 15) is 5.11 Å². The van der Waals surface area contributed by atoms with Gasteiger partial charge in [0.1, 0.15) is 11.9 Å². The first-order valence-electron chi connectivity index (χ1n) is 3.30. The fraction of sp³-hybridized carbons (Fsp3) is 0.500. The molecule has 0 aromatic heterocycles. The zero-order valence-electron chi connectivity index (χ0n) is 6.80. The van der Waals surface area contributed by atoms with Gasteiger partial charge in [0, 0.05) is 12.7 Å². The highest BCUT2D eigenvalue weighted by atomic mass is 35.5. The third kappa shape index (κ3) is 2.95. The van der Waals surface area contributed by atoms with Crippen LogP contribution in [0.4, 0.5) is 0 Å². The minimum absolute atomic E-state index is 0.150. The van der Waals surface area contributed by atoms with Gasteiger partial charge in [-0.3, -0.25) is 0 Å². The molecule has 0 heterocycles. The number of hydrogen-bond acceptors (Lipinski definition) is 2. The van der Waals surface area contributed by atoms with E-state index in [0.717, 1.165) is 0 Å². The molecule has 0 rings (SSSR count). The molecule has 0 aliphatic carbocycles. The van der Waals surface area contributed by atoms with Gasteiger partial charge in [-0.05, 0) is 6.92 Å². The van der Waals surface area contributed by atoms with Gasteiger partial charge in [-0.15, -0.1) is 11.6 Å². The molecule has 0 aliphatic rings. The number of aliphatic hydroxyl groups is 1. The topological polar surface area (TPSA) is 29.5 Å². The molecule has 0 spiro atoms. The summed E-state index contributed by atoms with van der Waals surface area (Å²) in [6.07, 6.45) is 1.21. The first-order chi connectivity index (χ1) is 5.17. The van der Waals surface area contributed by atoms with Crippen LogP contribution in [0.25, 0.3) is 0 Å². The lowest BCUT2D eigenvalue weighted by molar-refractivity contribution is 0.106. The molecule has 2 nitrogen and oxygen atoms in total. The van der Waals surface area contributed by atoms with Crippen molar-refractivity contribution in [2.45, 2.75) is 13.0 Å². The summed E-state index contributed by atoms with van der Waals surface area (Å²) in [5.41, 5.74) is 0.612. The van der Waals surface area contributed by atoms with Gasteiger partial charge >= 0.3 is 0 Å². The summed E-state index contributed by atoms with van der Waals surface area (Å²) in [7, 11) is 1.52. The highest BCUT2D eigenvalue weighted by Crippen LogP contribution is 2.10. The highest BCUT2D eigenvalue weighted by molar-refractivity contribution is 6.19. The largest absolute Gasteiger partial charge is 0.509 e. The Morgan fingerprint density at radius 3 is 2.64 bits per heavy atom. The van der Waals surface area contributed by atoms with E-state index in [1.165, 1.54) is 13.2 Å². The molecule has 0 amide bonds. The van der Waals surface area contributed by atoms with E-state index < -0.39 is 0 Å². The molecule has 0 aliphatic heterocycles. The summed E-state index contributed by atoms with van der Waals surface area (Å²) in [5, 5.41) is 9.38. The zero-order chi connectivity index (χ0) is 8.85. The predicted molar refractivity (Wildman–Crippen MR) is 47.0 cm³/mol. The van der Waals surface area contributed by atoms with E-state index in [-0.39, 0.29) is 17.7 Å². The van der Waals surface area contributed by atoms with Crippen molar-refractivity contribution in [3.8, 4) is 0 Å². The van der Waals surface area contributed by atoms with Crippen LogP contribution in [0.15, 0.2) is 24.0 Å². The Hall–Kier alpha value is -0.470. The van der Waals surface area contributed by atoms with Crippen molar-refractivity contribution in [1.82, 2.24) is 0 Å². The maximum absolute atomic E-state index is 9.38. The molecule has 64 valence electrons. The van der Waals surface area contributed by atoms with E-state index in [1.807, 2.05) is 0 Å². The molecule has 0 bridgehead atoms. The lowest BCUT2D eigenvalue weighted by Gasteiger charge is -2.10. The lowest BCUT2D eigenvalue weighted by atomic mass is 10.2. The van der Waals surface area contributed by atoms with E-state index in [0.29, 0.717) is 5.57 Å². The molecule has 1 N–H and O–H groups in total. The number of halogens is 1. The summed E-state index contributed by atoms with van der Waals surface area (Å²) >= 11 is 5.52. The molecule has 1 atom stereocenters. The van der Waals surface area contributed by atoms with Crippen LogP contribution in [0.5, 0.6) is 0 Å². The number of alkyl halides is 1. The van der Waals surface area contributed by atoms with Gasteiger partial charge in [0.05, 0.1) is 5.88 Å². The molecule has 0 aromatic rings. The van der Waals surface area contributed by atoms with Crippen molar-refractivity contribution in [2.75, 3.05) is 13.0 Å². The monoisotopic (exact) mass is 176 g/mol. The molecular weight excluding hydrogens is 164 g/mol. The van der Waals surface area contributed by atoms with E-state index >= 15 is 0 Å². The van der Waals surface area contributed by atoms with E-state index in [2.05, 4.69) is 6.58 Å². The standard InChI is InChI=1S/C8H13ClO2/c1-4-7(5-9)8(10)6(2)11-3/h4,6,10H,1,5H2,2-3H3/b8-7-. The Morgan fingerprint density at radius 1 is 1.82 bits per heavy atom. The van der Waals surface area contributed by atoms with Gasteiger partial charge in [-0.1, -0.05) is 12.7 Å². The number of rotatable bonds is 4. The fourth-order valence-corrected chi connectivity index (χ4v) is 0.846. The number of hydrogen-bond donors (Lipinski definition) is 1. The molecule has 0 saturated heterocycles. The summed E-state index contributed by atoms with van der Waals surface area (Å²) < 4.78 is 4.88. The first-order valence-corrected chi connectivity index (χ1v) is 3.84. The summed E-state index contributed by atoms with van der Waals surface area (Å²) in [4.78, 5) is 0. The van der Waals surface area contributed by atoms with Crippen LogP contribution < -0.4 is 0 Å². The molecule has 3 heteroatoms. The van der Waals surface area contributed by atoms with Crippen LogP contribution in [0.1, 0.15) is 6.92 Å². The Morgan fingerprint density at radius 2 is 2.36 bits per heavy atom. The number of aliphatic hydroxyl groups excluding tert-OH is 1. The summed E-state index contributed by atoms with van der Waals surface area (Å²) in [5.74, 6) is 0.403. The van der Waals surface area contributed by atoms with Crippen LogP contribution in [0, 0.1) is 0 Å². The summed E-state index contributed by atoms with van der Waals surface area (Å²) in [6, 6.07) is 0. The van der Waals surface area contributed by atoms with Crippen LogP contribution in [0.2, 0.25) is 0 Å². The van der Waals surface area contributed by atoms with Crippen LogP contribution in [-0.4, -0.2) is 24.2 Å². The van der Waals surface area contributed by atoms with Gasteiger partial charge in [0.2, 0.25) is 0 Å². The molecule has 1 unspecified atom stereocenters. The SMILES string of the molecule is C=C/C(CCl)=C(/O)C(C)OC. The van der Waals surface area contributed by atoms with Crippen molar-refractivity contribution >= 4 is 11.6 Å². The maximum Gasteiger partial charge on any atom is 0.125 e. The molecular formula is C8H13ClO2. The molecule has 11 heavy (non-hydrogen) atoms. The smallest absolute Gasteiger partial charge is 0.125 e. The minimum Gasteiger partial charge on any atom is -0.509 e. The molecule has 0 fully saturated rings. The second-order valence-corrected chi connectivity index (χ2v) is 2.39. The van der Waals surface area contributed by atoms with Crippen LogP contribution >= 0.6 is 11.6 Å². The molecule has 0 aromatic carbocycles. The predicted octanol–water partition coefficient (Wildman–Crippen LogP) is 2.26. The molecule has 0 saturated carbocycles. The Labute approximate surface area is 72.1 Å². The Kier molecular flexibility index (Phi) is 4.99. The fourth-order valence-electron chi connectivity index (χ4n) is 0.600. The van der Waals surface area contributed by atoms with Crippen LogP contribution in [0.3, 0.4) is 0 Å². The number of methoxy groups -OCH3 is 1. The second-order valence-electron chi connectivity index (χ2n) is 2.13. The average Bonchev–Trinajstić information content (AvgIpc) is 2.05. The van der Waals surface area contributed by atoms with E-state index in [4.69, 9.17) is 16.3 Å². The lowest BCUT2D eigenvalue weighted by Crippen LogP contribution is -2.10. The third-order valence-electron chi connectivity index (χ3n) is 1.46. The van der Waals surface area contributed by atoms with Gasteiger partial charge in [0.25, 0.3) is 0 Å². The summed E-state index contributed by atoms with van der Waals surface area (Å²) in [6.45, 7) is 5.25. The van der Waals surface area contributed by atoms with Gasteiger partial charge in [-0.2, -0.15) is 0 Å². The second kappa shape index (κ2) is 5.22. The highest BCUT2D eigenvalue weighted by Gasteiger charge is 2.08. The minimum atomic E-state index is -0.318. The van der Waals surface area contributed by atoms with Crippen molar-refractivity contribution in [1.29, 1.82) is 0 Å². The Balaban J connectivity index is 4.45. The van der Waals surface area contributed by atoms with Crippen molar-refractivity contribution in [2.24, 2.45) is 0 Å². The van der Waals surface area contributed by atoms with E-state index in [1.54, 1.807) is 6.92 Å². The van der Waals surface area contributed by atoms with Crippen molar-refractivity contribution < 1.29 is 9.84 Å². The quantitative estimate of drug-likeness (QED) is 0.405. The third-order valence-corrected chi connectivity index (χ3v) is 1.75. The zero-order valence-corrected chi connectivity index (χ0v) is 7.56. The van der Waals surface area contributed by atoms with Crippen molar-refractivity contribution in [3.63, 3.8) is 0 Å². The normalized spacial score (nSPS) is 15.5. The maximum atomic E-state index is 9.38. The van der Waals surface area contributed by atoms with Crippen LogP contribution in [-0.2, 0) is 4.74 Å². The average molecular weight is 177 g/mol. The molecule has 0 radical (unpaired) electrons.